The molecule has 0 saturated carbocycles. The van der Waals surface area contributed by atoms with Crippen molar-refractivity contribution in [3.63, 3.8) is 0 Å². The average molecular weight is 1250 g/mol. The molecular formula is C65H83FN10O14. The maximum absolute atomic E-state index is 14.0. The summed E-state index contributed by atoms with van der Waals surface area (Å²) in [6.45, 7) is 14.9. The van der Waals surface area contributed by atoms with E-state index in [-0.39, 0.29) is 63.4 Å². The zero-order chi connectivity index (χ0) is 64.7. The molecule has 2 aromatic carbocycles. The number of hydrazine groups is 2. The summed E-state index contributed by atoms with van der Waals surface area (Å²) in [6, 6.07) is 14.9. The van der Waals surface area contributed by atoms with Crippen molar-refractivity contribution in [3.05, 3.63) is 95.3 Å². The van der Waals surface area contributed by atoms with Crippen LogP contribution in [-0.4, -0.2) is 163 Å². The van der Waals surface area contributed by atoms with E-state index in [1.807, 2.05) is 74.5 Å². The molecule has 10 rings (SSSR count). The molecule has 0 aliphatic carbocycles. The summed E-state index contributed by atoms with van der Waals surface area (Å²) in [7, 11) is 0. The Morgan fingerprint density at radius 2 is 0.956 bits per heavy atom. The minimum atomic E-state index is -1.50. The van der Waals surface area contributed by atoms with E-state index in [1.165, 1.54) is 16.9 Å². The normalized spacial score (nSPS) is 30.0. The third kappa shape index (κ3) is 15.1. The maximum Gasteiger partial charge on any atom is 0.321 e. The molecule has 4 fully saturated rings. The number of alkyl halides is 1. The van der Waals surface area contributed by atoms with Crippen molar-refractivity contribution < 1.29 is 71.2 Å². The van der Waals surface area contributed by atoms with Crippen LogP contribution in [0.1, 0.15) is 129 Å². The van der Waals surface area contributed by atoms with E-state index in [4.69, 9.17) is 38.4 Å². The quantitative estimate of drug-likeness (QED) is 0.145. The Kier molecular flexibility index (Phi) is 21.1. The second-order valence-corrected chi connectivity index (χ2v) is 24.8. The molecule has 2 spiro atoms. The minimum absolute atomic E-state index is 0.0125. The molecule has 8 atom stereocenters. The lowest BCUT2D eigenvalue weighted by Crippen LogP contribution is -2.61. The van der Waals surface area contributed by atoms with Crippen molar-refractivity contribution in [1.82, 2.24) is 52.1 Å². The highest BCUT2D eigenvalue weighted by Gasteiger charge is 2.50. The van der Waals surface area contributed by atoms with Crippen molar-refractivity contribution in [3.8, 4) is 0 Å². The number of amides is 6. The summed E-state index contributed by atoms with van der Waals surface area (Å²) in [5.41, 5.74) is 7.46. The highest BCUT2D eigenvalue weighted by molar-refractivity contribution is 5.94. The Morgan fingerprint density at radius 1 is 0.556 bits per heavy atom. The van der Waals surface area contributed by atoms with Gasteiger partial charge in [0.05, 0.1) is 60.9 Å². The smallest absolute Gasteiger partial charge is 0.321 e. The molecular weight excluding hydrogens is 1160 g/mol. The first-order valence-corrected chi connectivity index (χ1v) is 30.9. The number of cyclic esters (lactones) is 2. The number of halogens is 1. The lowest BCUT2D eigenvalue weighted by molar-refractivity contribution is -0.301. The Labute approximate surface area is 522 Å². The van der Waals surface area contributed by atoms with Gasteiger partial charge >= 0.3 is 11.9 Å². The molecule has 90 heavy (non-hydrogen) atoms. The second kappa shape index (κ2) is 28.6. The summed E-state index contributed by atoms with van der Waals surface area (Å²) in [6.07, 6.45) is 6.85. The third-order valence-electron chi connectivity index (χ3n) is 17.1. The van der Waals surface area contributed by atoms with Crippen molar-refractivity contribution >= 4 is 81.3 Å². The molecule has 24 nitrogen and oxygen atoms in total. The first-order valence-electron chi connectivity index (χ1n) is 30.9. The fraction of sp³-hybridized carbons (Fsp3) is 0.538. The predicted octanol–water partition coefficient (Wildman–Crippen LogP) is 5.11. The molecule has 484 valence electrons. The van der Waals surface area contributed by atoms with Crippen LogP contribution in [0.15, 0.2) is 72.8 Å². The van der Waals surface area contributed by atoms with Crippen LogP contribution in [0, 0.1) is 22.7 Å². The zero-order valence-electron chi connectivity index (χ0n) is 52.4. The maximum atomic E-state index is 14.0. The molecule has 10 bridgehead atoms. The van der Waals surface area contributed by atoms with Crippen LogP contribution >= 0.6 is 0 Å². The van der Waals surface area contributed by atoms with Gasteiger partial charge in [-0.15, -0.1) is 0 Å². The van der Waals surface area contributed by atoms with Crippen LogP contribution < -0.4 is 32.1 Å². The molecule has 4 saturated heterocycles. The topological polar surface area (TPSA) is 296 Å². The first-order chi connectivity index (χ1) is 42.9. The summed E-state index contributed by atoms with van der Waals surface area (Å²) < 4.78 is 48.4. The number of carbonyl (C=O) groups excluding carboxylic acids is 8. The Balaban J connectivity index is 0.000000214. The molecule has 2 aromatic heterocycles. The highest BCUT2D eigenvalue weighted by Crippen LogP contribution is 2.37. The number of carbonyl (C=O) groups is 8. The predicted molar refractivity (Wildman–Crippen MR) is 328 cm³/mol. The lowest BCUT2D eigenvalue weighted by atomic mass is 9.87. The Bertz CT molecular complexity index is 3400. The number of aromatic nitrogens is 2. The number of rotatable bonds is 4. The number of ether oxygens (including phenoxy) is 6. The number of fused-ring (bicyclic) bond motifs is 8. The van der Waals surface area contributed by atoms with Crippen LogP contribution in [0.5, 0.6) is 0 Å². The zero-order valence-corrected chi connectivity index (χ0v) is 52.4. The number of hydrogen-bond donors (Lipinski definition) is 6. The van der Waals surface area contributed by atoms with Crippen molar-refractivity contribution in [2.24, 2.45) is 22.7 Å². The van der Waals surface area contributed by atoms with Gasteiger partial charge in [0.2, 0.25) is 11.8 Å². The molecule has 6 aliphatic heterocycles. The molecule has 25 heteroatoms. The monoisotopic (exact) mass is 1250 g/mol. The van der Waals surface area contributed by atoms with Gasteiger partial charge in [-0.1, -0.05) is 95.3 Å². The van der Waals surface area contributed by atoms with Gasteiger partial charge in [-0.2, -0.15) is 0 Å². The van der Waals surface area contributed by atoms with Crippen LogP contribution in [0.2, 0.25) is 0 Å². The van der Waals surface area contributed by atoms with Gasteiger partial charge in [-0.05, 0) is 101 Å². The van der Waals surface area contributed by atoms with Gasteiger partial charge in [0, 0.05) is 30.3 Å². The highest BCUT2D eigenvalue weighted by atomic mass is 19.1. The molecule has 1 unspecified atom stereocenters. The molecule has 4 aromatic rings. The minimum Gasteiger partial charge on any atom is -0.451 e. The lowest BCUT2D eigenvalue weighted by Gasteiger charge is -2.42. The number of pyridine rings is 2. The Hall–Kier alpha value is -7.81. The molecule has 8 heterocycles. The van der Waals surface area contributed by atoms with E-state index in [0.717, 1.165) is 21.9 Å². The standard InChI is InChI=1S/C34H44FN5O7.C31H39N5O7/c1-6-34(17-35)45-18-33(19-46-34)14-13-23-9-10-24-11-12-25(38-27(24)16-23)21(4)36-29(41)26-8-7-15-40(39-26)31(43)22(5)37-30(42)28(20(2)3)47-32(33)44;1-18(2)26-28(38)33-20(4)29(39)36-13-5-6-24(35-36)27(37)32-19(3)23-10-9-22-8-7-21(14-25(22)34-23)11-12-31(30(40)43-26)15-41-17-42-16-31/h9-14,16,20-22,26,28,39H,6-8,15,17-19H2,1-5H3,(H,36,41)(H,37,42);7-12,14,18-20,24,26,35H,5-6,13,15-17H2,1-4H3,(H,32,37)(H,33,38)/b14-13+;12-11+/t21?,22-,26-,28-,33?,34?;19-,20+,24+,26+/m01/s1. The van der Waals surface area contributed by atoms with Crippen LogP contribution in [-0.2, 0) is 66.8 Å². The van der Waals surface area contributed by atoms with E-state index >= 15 is 0 Å². The van der Waals surface area contributed by atoms with Crippen LogP contribution in [0.3, 0.4) is 0 Å². The van der Waals surface area contributed by atoms with Crippen LogP contribution in [0.25, 0.3) is 34.0 Å². The van der Waals surface area contributed by atoms with Crippen LogP contribution in [0.4, 0.5) is 4.39 Å². The van der Waals surface area contributed by atoms with E-state index in [9.17, 15) is 42.7 Å². The van der Waals surface area contributed by atoms with Crippen molar-refractivity contribution in [2.75, 3.05) is 53.0 Å². The first kappa shape index (κ1) is 66.6. The molecule has 6 aliphatic rings. The largest absolute Gasteiger partial charge is 0.451 e. The summed E-state index contributed by atoms with van der Waals surface area (Å²) in [4.78, 5) is 117. The van der Waals surface area contributed by atoms with Gasteiger partial charge in [-0.3, -0.25) is 58.3 Å². The van der Waals surface area contributed by atoms with E-state index in [0.29, 0.717) is 61.2 Å². The summed E-state index contributed by atoms with van der Waals surface area (Å²) in [5, 5.41) is 15.9. The van der Waals surface area contributed by atoms with Crippen molar-refractivity contribution in [1.29, 1.82) is 0 Å². The average Bonchev–Trinajstić information content (AvgIpc) is 1.20. The number of nitrogens with one attached hydrogen (secondary N) is 6. The molecule has 6 amide bonds. The number of hydrogen-bond acceptors (Lipinski definition) is 18. The van der Waals surface area contributed by atoms with Crippen molar-refractivity contribution in [2.45, 2.75) is 149 Å². The number of nitrogens with zero attached hydrogens (tertiary/aromatic N) is 4. The third-order valence-corrected chi connectivity index (χ3v) is 17.1. The second-order valence-electron chi connectivity index (χ2n) is 24.8. The molecule has 6 N–H and O–H groups in total. The van der Waals surface area contributed by atoms with Gasteiger partial charge in [0.1, 0.15) is 48.5 Å². The van der Waals surface area contributed by atoms with Gasteiger partial charge in [0.15, 0.2) is 18.0 Å². The van der Waals surface area contributed by atoms with Gasteiger partial charge < -0.3 is 49.7 Å². The van der Waals surface area contributed by atoms with Gasteiger partial charge in [-0.25, -0.2) is 15.2 Å². The summed E-state index contributed by atoms with van der Waals surface area (Å²) in [5.74, 6) is -6.39. The SMILES string of the molecule is CC(C)[C@@H]1OC(=O)C2(/C=C/c3ccc4ccc(nc4c3)[C@@H](C)NC(=O)[C@@H]3CCCN(N3)C(=O)[C@H](C)NC1=O)COCOC2.CCC1(CF)OCC2(/C=C/c3ccc4ccc(nc4c3)C(C)NC(=O)[C@@H]3CCCN(N3)C(=O)[C@H](C)NC(=O)[C@H](C(C)C)OC2=O)CO1. The summed E-state index contributed by atoms with van der Waals surface area (Å²) >= 11 is 0. The number of esters is 2. The fourth-order valence-electron chi connectivity index (χ4n) is 11.3. The van der Waals surface area contributed by atoms with E-state index < -0.39 is 107 Å². The fourth-order valence-corrected chi connectivity index (χ4v) is 11.3. The number of benzene rings is 2. The van der Waals surface area contributed by atoms with E-state index in [1.54, 1.807) is 65.8 Å². The molecule has 0 radical (unpaired) electrons. The Morgan fingerprint density at radius 3 is 1.36 bits per heavy atom. The van der Waals surface area contributed by atoms with E-state index in [2.05, 4.69) is 32.1 Å². The van der Waals surface area contributed by atoms with Gasteiger partial charge in [0.25, 0.3) is 23.6 Å².